The van der Waals surface area contributed by atoms with Gasteiger partial charge in [0.15, 0.2) is 11.6 Å². The van der Waals surface area contributed by atoms with Gasteiger partial charge in [0.25, 0.3) is 0 Å². The molecule has 0 aliphatic rings. The fourth-order valence-electron chi connectivity index (χ4n) is 2.72. The summed E-state index contributed by atoms with van der Waals surface area (Å²) in [6.07, 6.45) is 0. The molecule has 3 rings (SSSR count). The van der Waals surface area contributed by atoms with E-state index in [0.29, 0.717) is 35.2 Å². The highest BCUT2D eigenvalue weighted by molar-refractivity contribution is 5.94. The molecule has 0 atom stereocenters. The summed E-state index contributed by atoms with van der Waals surface area (Å²) in [7, 11) is 1.84. The molecule has 0 fully saturated rings. The number of aromatic nitrogens is 2. The van der Waals surface area contributed by atoms with Gasteiger partial charge < -0.3 is 15.4 Å². The van der Waals surface area contributed by atoms with Gasteiger partial charge in [-0.05, 0) is 55.8 Å². The van der Waals surface area contributed by atoms with Crippen molar-refractivity contribution in [1.82, 2.24) is 9.97 Å². The van der Waals surface area contributed by atoms with Crippen molar-refractivity contribution < 1.29 is 13.9 Å². The van der Waals surface area contributed by atoms with Crippen molar-refractivity contribution in [1.29, 1.82) is 0 Å². The van der Waals surface area contributed by atoms with Crippen molar-refractivity contribution in [3.63, 3.8) is 0 Å². The van der Waals surface area contributed by atoms with E-state index < -0.39 is 0 Å². The summed E-state index contributed by atoms with van der Waals surface area (Å²) in [4.78, 5) is 21.9. The summed E-state index contributed by atoms with van der Waals surface area (Å²) in [6, 6.07) is 13.0. The largest absolute Gasteiger partial charge is 0.437 e. The first-order valence-corrected chi connectivity index (χ1v) is 8.72. The number of aryl methyl sites for hydroxylation is 1. The summed E-state index contributed by atoms with van der Waals surface area (Å²) in [5, 5.41) is 0. The minimum atomic E-state index is -0.282. The van der Waals surface area contributed by atoms with Crippen LogP contribution in [0.25, 0.3) is 0 Å². The lowest BCUT2D eigenvalue weighted by atomic mass is 10.1. The number of carbonyl (C=O) groups excluding carboxylic acids is 1. The average Bonchev–Trinajstić information content (AvgIpc) is 2.66. The Balaban J connectivity index is 1.84. The number of anilines is 2. The van der Waals surface area contributed by atoms with Gasteiger partial charge in [-0.25, -0.2) is 9.37 Å². The standard InChI is InChI=1S/C21H21FN4O2/c1-13(27)16-6-10-18(11-7-16)28-21-19(23)20(24-14(2)25-21)26(3)12-15-4-8-17(22)9-5-15/h4-11H,12,23H2,1-3H3. The third-order valence-electron chi connectivity index (χ3n) is 4.17. The molecule has 0 aliphatic heterocycles. The fraction of sp³-hybridized carbons (Fsp3) is 0.190. The Labute approximate surface area is 162 Å². The quantitative estimate of drug-likeness (QED) is 0.648. The molecular weight excluding hydrogens is 359 g/mol. The summed E-state index contributed by atoms with van der Waals surface area (Å²) < 4.78 is 18.9. The van der Waals surface area contributed by atoms with E-state index in [2.05, 4.69) is 9.97 Å². The molecule has 144 valence electrons. The van der Waals surface area contributed by atoms with Crippen LogP contribution in [0.15, 0.2) is 48.5 Å². The Bertz CT molecular complexity index is 989. The van der Waals surface area contributed by atoms with Crippen molar-refractivity contribution in [2.45, 2.75) is 20.4 Å². The fourth-order valence-corrected chi connectivity index (χ4v) is 2.72. The van der Waals surface area contributed by atoms with E-state index in [1.807, 2.05) is 11.9 Å². The van der Waals surface area contributed by atoms with Crippen LogP contribution in [-0.2, 0) is 6.54 Å². The van der Waals surface area contributed by atoms with Crippen molar-refractivity contribution in [2.75, 3.05) is 17.7 Å². The summed E-state index contributed by atoms with van der Waals surface area (Å²) in [5.41, 5.74) is 8.06. The lowest BCUT2D eigenvalue weighted by Gasteiger charge is -2.21. The molecule has 6 nitrogen and oxygen atoms in total. The minimum Gasteiger partial charge on any atom is -0.437 e. The molecule has 3 aromatic rings. The van der Waals surface area contributed by atoms with Crippen LogP contribution in [0.4, 0.5) is 15.9 Å². The first-order valence-electron chi connectivity index (χ1n) is 8.72. The smallest absolute Gasteiger partial charge is 0.248 e. The van der Waals surface area contributed by atoms with Crippen LogP contribution in [0.5, 0.6) is 11.6 Å². The zero-order chi connectivity index (χ0) is 20.3. The number of nitrogen functional groups attached to an aromatic ring is 1. The number of rotatable bonds is 6. The predicted octanol–water partition coefficient (Wildman–Crippen LogP) is 4.14. The van der Waals surface area contributed by atoms with E-state index in [4.69, 9.17) is 10.5 Å². The normalized spacial score (nSPS) is 10.6. The predicted molar refractivity (Wildman–Crippen MR) is 106 cm³/mol. The molecular formula is C21H21FN4O2. The lowest BCUT2D eigenvalue weighted by molar-refractivity contribution is 0.101. The first kappa shape index (κ1) is 19.3. The van der Waals surface area contributed by atoms with Gasteiger partial charge in [0, 0.05) is 19.2 Å². The highest BCUT2D eigenvalue weighted by Gasteiger charge is 2.16. The Morgan fingerprint density at radius 1 is 1.11 bits per heavy atom. The second-order valence-electron chi connectivity index (χ2n) is 6.48. The molecule has 0 amide bonds. The van der Waals surface area contributed by atoms with Crippen LogP contribution in [-0.4, -0.2) is 22.8 Å². The van der Waals surface area contributed by atoms with Gasteiger partial charge in [0.1, 0.15) is 23.1 Å². The number of nitrogens with zero attached hydrogens (tertiary/aromatic N) is 3. The van der Waals surface area contributed by atoms with Crippen LogP contribution in [0.1, 0.15) is 28.7 Å². The molecule has 1 aromatic heterocycles. The highest BCUT2D eigenvalue weighted by atomic mass is 19.1. The van der Waals surface area contributed by atoms with Crippen LogP contribution >= 0.6 is 0 Å². The van der Waals surface area contributed by atoms with Gasteiger partial charge in [-0.15, -0.1) is 0 Å². The second-order valence-corrected chi connectivity index (χ2v) is 6.48. The number of carbonyl (C=O) groups is 1. The average molecular weight is 380 g/mol. The van der Waals surface area contributed by atoms with E-state index in [-0.39, 0.29) is 17.5 Å². The third kappa shape index (κ3) is 4.43. The zero-order valence-electron chi connectivity index (χ0n) is 15.9. The Morgan fingerprint density at radius 3 is 2.36 bits per heavy atom. The van der Waals surface area contributed by atoms with Crippen molar-refractivity contribution in [2.24, 2.45) is 0 Å². The minimum absolute atomic E-state index is 0.0198. The van der Waals surface area contributed by atoms with E-state index in [1.165, 1.54) is 19.1 Å². The molecule has 7 heteroatoms. The number of hydrogen-bond donors (Lipinski definition) is 1. The monoisotopic (exact) mass is 380 g/mol. The van der Waals surface area contributed by atoms with Crippen molar-refractivity contribution >= 4 is 17.3 Å². The summed E-state index contributed by atoms with van der Waals surface area (Å²) in [6.45, 7) is 3.75. The Morgan fingerprint density at radius 2 is 1.75 bits per heavy atom. The Hall–Kier alpha value is -3.48. The molecule has 0 bridgehead atoms. The van der Waals surface area contributed by atoms with Crippen LogP contribution in [0, 0.1) is 12.7 Å². The number of ether oxygens (including phenoxy) is 1. The van der Waals surface area contributed by atoms with Gasteiger partial charge in [0.2, 0.25) is 5.88 Å². The molecule has 0 unspecified atom stereocenters. The Kier molecular flexibility index (Phi) is 5.54. The maximum Gasteiger partial charge on any atom is 0.248 e. The number of benzene rings is 2. The SMILES string of the molecule is CC(=O)c1ccc(Oc2nc(C)nc(N(C)Cc3ccc(F)cc3)c2N)cc1. The van der Waals surface area contributed by atoms with Gasteiger partial charge in [-0.3, -0.25) is 4.79 Å². The van der Waals surface area contributed by atoms with E-state index >= 15 is 0 Å². The van der Waals surface area contributed by atoms with E-state index in [0.717, 1.165) is 5.56 Å². The van der Waals surface area contributed by atoms with Gasteiger partial charge in [-0.1, -0.05) is 12.1 Å². The molecule has 2 N–H and O–H groups in total. The maximum absolute atomic E-state index is 13.1. The van der Waals surface area contributed by atoms with Gasteiger partial charge >= 0.3 is 0 Å². The molecule has 2 aromatic carbocycles. The van der Waals surface area contributed by atoms with Crippen LogP contribution in [0.2, 0.25) is 0 Å². The zero-order valence-corrected chi connectivity index (χ0v) is 15.9. The summed E-state index contributed by atoms with van der Waals surface area (Å²) in [5.74, 6) is 1.48. The number of Topliss-reactive ketones (excluding diaryl/α,β-unsaturated/α-hetero) is 1. The first-order chi connectivity index (χ1) is 13.3. The molecule has 0 spiro atoms. The maximum atomic E-state index is 13.1. The number of hydrogen-bond acceptors (Lipinski definition) is 6. The number of halogens is 1. The van der Waals surface area contributed by atoms with Crippen LogP contribution < -0.4 is 15.4 Å². The third-order valence-corrected chi connectivity index (χ3v) is 4.17. The molecule has 28 heavy (non-hydrogen) atoms. The molecule has 0 aliphatic carbocycles. The molecule has 0 radical (unpaired) electrons. The number of nitrogens with two attached hydrogens (primary N) is 1. The summed E-state index contributed by atoms with van der Waals surface area (Å²) >= 11 is 0. The molecule has 0 saturated heterocycles. The van der Waals surface area contributed by atoms with Gasteiger partial charge in [0.05, 0.1) is 0 Å². The molecule has 1 heterocycles. The lowest BCUT2D eigenvalue weighted by Crippen LogP contribution is -2.20. The van der Waals surface area contributed by atoms with Gasteiger partial charge in [-0.2, -0.15) is 4.98 Å². The van der Waals surface area contributed by atoms with Crippen molar-refractivity contribution in [3.05, 3.63) is 71.3 Å². The van der Waals surface area contributed by atoms with Crippen LogP contribution in [0.3, 0.4) is 0 Å². The molecule has 0 saturated carbocycles. The number of ketones is 1. The highest BCUT2D eigenvalue weighted by Crippen LogP contribution is 2.32. The second kappa shape index (κ2) is 8.04. The van der Waals surface area contributed by atoms with E-state index in [1.54, 1.807) is 43.3 Å². The topological polar surface area (TPSA) is 81.3 Å². The van der Waals surface area contributed by atoms with Crippen molar-refractivity contribution in [3.8, 4) is 11.6 Å². The van der Waals surface area contributed by atoms with E-state index in [9.17, 15) is 9.18 Å².